The summed E-state index contributed by atoms with van der Waals surface area (Å²) >= 11 is 5.76. The Balaban J connectivity index is 1.61. The molecule has 0 radical (unpaired) electrons. The lowest BCUT2D eigenvalue weighted by molar-refractivity contribution is 0.429. The highest BCUT2D eigenvalue weighted by Crippen LogP contribution is 2.27. The summed E-state index contributed by atoms with van der Waals surface area (Å²) in [5.74, 6) is 1.66. The highest BCUT2D eigenvalue weighted by molar-refractivity contribution is 6.28. The molecule has 24 heavy (non-hydrogen) atoms. The van der Waals surface area contributed by atoms with Crippen LogP contribution in [-0.4, -0.2) is 20.1 Å². The molecule has 0 bridgehead atoms. The predicted octanol–water partition coefficient (Wildman–Crippen LogP) is 4.18. The van der Waals surface area contributed by atoms with Gasteiger partial charge in [-0.3, -0.25) is 0 Å². The summed E-state index contributed by atoms with van der Waals surface area (Å²) in [6.07, 6.45) is 3.33. The quantitative estimate of drug-likeness (QED) is 0.596. The summed E-state index contributed by atoms with van der Waals surface area (Å²) in [6.45, 7) is 0. The van der Waals surface area contributed by atoms with Crippen LogP contribution in [0, 0.1) is 0 Å². The molecule has 3 aromatic heterocycles. The molecule has 0 saturated carbocycles. The van der Waals surface area contributed by atoms with E-state index < -0.39 is 0 Å². The summed E-state index contributed by atoms with van der Waals surface area (Å²) < 4.78 is 10.6. The fourth-order valence-electron chi connectivity index (χ4n) is 2.10. The molecule has 4 aromatic rings. The van der Waals surface area contributed by atoms with Crippen LogP contribution >= 0.6 is 11.6 Å². The second-order valence-corrected chi connectivity index (χ2v) is 5.18. The van der Waals surface area contributed by atoms with Crippen molar-refractivity contribution in [1.29, 1.82) is 0 Å². The second-order valence-electron chi connectivity index (χ2n) is 4.81. The van der Waals surface area contributed by atoms with Crippen molar-refractivity contribution in [2.75, 3.05) is 5.32 Å². The van der Waals surface area contributed by atoms with E-state index in [4.69, 9.17) is 20.5 Å². The van der Waals surface area contributed by atoms with Crippen molar-refractivity contribution in [2.45, 2.75) is 0 Å². The molecule has 8 heteroatoms. The van der Waals surface area contributed by atoms with Gasteiger partial charge in [0, 0.05) is 23.6 Å². The number of anilines is 2. The summed E-state index contributed by atoms with van der Waals surface area (Å²) in [4.78, 5) is 12.6. The van der Waals surface area contributed by atoms with E-state index in [1.165, 1.54) is 0 Å². The summed E-state index contributed by atoms with van der Waals surface area (Å²) in [6, 6.07) is 12.5. The van der Waals surface area contributed by atoms with Gasteiger partial charge >= 0.3 is 0 Å². The van der Waals surface area contributed by atoms with E-state index >= 15 is 0 Å². The molecule has 0 aliphatic carbocycles. The van der Waals surface area contributed by atoms with Crippen LogP contribution in [0.5, 0.6) is 0 Å². The molecule has 3 heterocycles. The van der Waals surface area contributed by atoms with E-state index in [9.17, 15) is 0 Å². The molecule has 0 spiro atoms. The van der Waals surface area contributed by atoms with Gasteiger partial charge in [-0.2, -0.15) is 4.98 Å². The molecule has 1 aromatic carbocycles. The lowest BCUT2D eigenvalue weighted by Crippen LogP contribution is -1.95. The molecule has 0 aliphatic rings. The number of benzene rings is 1. The van der Waals surface area contributed by atoms with Gasteiger partial charge in [-0.05, 0) is 48.0 Å². The topological polar surface area (TPSA) is 89.9 Å². The number of hydrogen-bond donors (Lipinski definition) is 1. The summed E-state index contributed by atoms with van der Waals surface area (Å²) in [5, 5.41) is 7.28. The van der Waals surface area contributed by atoms with E-state index in [1.54, 1.807) is 30.6 Å². The fraction of sp³-hybridized carbons (Fsp3) is 0. The fourth-order valence-corrected chi connectivity index (χ4v) is 2.24. The van der Waals surface area contributed by atoms with Crippen LogP contribution in [0.2, 0.25) is 5.22 Å². The molecule has 0 atom stereocenters. The minimum absolute atomic E-state index is 0.269. The Kier molecular flexibility index (Phi) is 3.68. The molecule has 7 nitrogen and oxygen atoms in total. The van der Waals surface area contributed by atoms with Crippen molar-refractivity contribution in [3.63, 3.8) is 0 Å². The zero-order valence-corrected chi connectivity index (χ0v) is 12.9. The predicted molar refractivity (Wildman–Crippen MR) is 87.8 cm³/mol. The standard InChI is InChI=1S/C16H10ClN5O2/c17-13-6-5-12(23-13)14-21-15(24-22-14)10-3-1-4-11(9-10)20-16-18-7-2-8-19-16/h1-9H,(H,18,19,20). The number of nitrogens with one attached hydrogen (secondary N) is 1. The van der Waals surface area contributed by atoms with Crippen LogP contribution in [0.3, 0.4) is 0 Å². The van der Waals surface area contributed by atoms with Crippen molar-refractivity contribution in [3.05, 3.63) is 60.1 Å². The molecule has 1 N–H and O–H groups in total. The van der Waals surface area contributed by atoms with Gasteiger partial charge in [0.15, 0.2) is 11.0 Å². The molecular formula is C16H10ClN5O2. The molecule has 118 valence electrons. The van der Waals surface area contributed by atoms with Gasteiger partial charge < -0.3 is 14.3 Å². The molecule has 0 fully saturated rings. The van der Waals surface area contributed by atoms with Gasteiger partial charge in [0.1, 0.15) is 0 Å². The Bertz CT molecular complexity index is 967. The maximum atomic E-state index is 5.76. The molecular weight excluding hydrogens is 330 g/mol. The van der Waals surface area contributed by atoms with Gasteiger partial charge in [-0.25, -0.2) is 9.97 Å². The van der Waals surface area contributed by atoms with E-state index in [2.05, 4.69) is 25.4 Å². The third-order valence-electron chi connectivity index (χ3n) is 3.15. The van der Waals surface area contributed by atoms with Crippen molar-refractivity contribution >= 4 is 23.2 Å². The zero-order chi connectivity index (χ0) is 16.4. The van der Waals surface area contributed by atoms with Crippen LogP contribution in [0.15, 0.2) is 63.8 Å². The number of nitrogens with zero attached hydrogens (tertiary/aromatic N) is 4. The number of rotatable bonds is 4. The molecule has 0 aliphatic heterocycles. The molecule has 4 rings (SSSR count). The number of furan rings is 1. The second kappa shape index (κ2) is 6.13. The normalized spacial score (nSPS) is 10.7. The highest BCUT2D eigenvalue weighted by atomic mass is 35.5. The van der Waals surface area contributed by atoms with Crippen molar-refractivity contribution in [3.8, 4) is 23.0 Å². The Morgan fingerprint density at radius 1 is 1.00 bits per heavy atom. The minimum atomic E-state index is 0.269. The molecule has 0 unspecified atom stereocenters. The lowest BCUT2D eigenvalue weighted by atomic mass is 10.2. The van der Waals surface area contributed by atoms with E-state index in [1.807, 2.05) is 24.3 Å². The first-order valence-electron chi connectivity index (χ1n) is 7.02. The lowest BCUT2D eigenvalue weighted by Gasteiger charge is -2.04. The van der Waals surface area contributed by atoms with Crippen LogP contribution in [0.4, 0.5) is 11.6 Å². The first-order valence-corrected chi connectivity index (χ1v) is 7.40. The number of hydrogen-bond acceptors (Lipinski definition) is 7. The number of aromatic nitrogens is 4. The Morgan fingerprint density at radius 2 is 1.88 bits per heavy atom. The van der Waals surface area contributed by atoms with Crippen molar-refractivity contribution in [1.82, 2.24) is 20.1 Å². The average molecular weight is 340 g/mol. The zero-order valence-electron chi connectivity index (χ0n) is 12.2. The largest absolute Gasteiger partial charge is 0.441 e. The smallest absolute Gasteiger partial charge is 0.258 e. The van der Waals surface area contributed by atoms with Gasteiger partial charge in [0.25, 0.3) is 5.89 Å². The maximum Gasteiger partial charge on any atom is 0.258 e. The van der Waals surface area contributed by atoms with Crippen LogP contribution in [0.25, 0.3) is 23.0 Å². The SMILES string of the molecule is Clc1ccc(-c2noc(-c3cccc(Nc4ncccn4)c3)n2)o1. The van der Waals surface area contributed by atoms with Crippen LogP contribution in [0.1, 0.15) is 0 Å². The van der Waals surface area contributed by atoms with Crippen molar-refractivity contribution < 1.29 is 8.94 Å². The first kappa shape index (κ1) is 14.4. The van der Waals surface area contributed by atoms with Crippen LogP contribution in [-0.2, 0) is 0 Å². The number of halogens is 1. The van der Waals surface area contributed by atoms with Crippen LogP contribution < -0.4 is 5.32 Å². The van der Waals surface area contributed by atoms with E-state index in [0.717, 1.165) is 11.3 Å². The summed E-state index contributed by atoms with van der Waals surface area (Å²) in [5.41, 5.74) is 1.56. The van der Waals surface area contributed by atoms with Gasteiger partial charge in [-0.1, -0.05) is 11.2 Å². The maximum absolute atomic E-state index is 5.76. The van der Waals surface area contributed by atoms with Gasteiger partial charge in [0.2, 0.25) is 11.8 Å². The Morgan fingerprint density at radius 3 is 2.67 bits per heavy atom. The average Bonchev–Trinajstić information content (AvgIpc) is 3.25. The Labute approximate surface area is 141 Å². The third-order valence-corrected chi connectivity index (χ3v) is 3.35. The third kappa shape index (κ3) is 2.97. The molecule has 0 saturated heterocycles. The van der Waals surface area contributed by atoms with Gasteiger partial charge in [-0.15, -0.1) is 0 Å². The molecule has 0 amide bonds. The first-order chi connectivity index (χ1) is 11.8. The Hall–Kier alpha value is -3.19. The monoisotopic (exact) mass is 339 g/mol. The van der Waals surface area contributed by atoms with E-state index in [-0.39, 0.29) is 5.22 Å². The van der Waals surface area contributed by atoms with E-state index in [0.29, 0.717) is 23.4 Å². The van der Waals surface area contributed by atoms with Gasteiger partial charge in [0.05, 0.1) is 0 Å². The van der Waals surface area contributed by atoms with Crippen molar-refractivity contribution in [2.24, 2.45) is 0 Å². The minimum Gasteiger partial charge on any atom is -0.441 e. The highest BCUT2D eigenvalue weighted by Gasteiger charge is 2.14. The summed E-state index contributed by atoms with van der Waals surface area (Å²) in [7, 11) is 0.